The van der Waals surface area contributed by atoms with Crippen LogP contribution in [-0.4, -0.2) is 5.91 Å². The van der Waals surface area contributed by atoms with Crippen LogP contribution >= 0.6 is 11.8 Å². The summed E-state index contributed by atoms with van der Waals surface area (Å²) < 4.78 is 0. The second-order valence-electron chi connectivity index (χ2n) is 6.86. The zero-order chi connectivity index (χ0) is 20.8. The summed E-state index contributed by atoms with van der Waals surface area (Å²) in [5, 5.41) is 12.3. The van der Waals surface area contributed by atoms with Crippen LogP contribution in [0.3, 0.4) is 0 Å². The highest BCUT2D eigenvalue weighted by Gasteiger charge is 2.11. The number of benzene rings is 3. The summed E-state index contributed by atoms with van der Waals surface area (Å²) in [6, 6.07) is 23.9. The smallest absolute Gasteiger partial charge is 0.266 e. The number of hydrogen-bond donors (Lipinski definition) is 1. The van der Waals surface area contributed by atoms with Crippen molar-refractivity contribution in [3.8, 4) is 6.07 Å². The van der Waals surface area contributed by atoms with Crippen LogP contribution in [0.1, 0.15) is 22.3 Å². The molecule has 0 aromatic heterocycles. The molecule has 29 heavy (non-hydrogen) atoms. The van der Waals surface area contributed by atoms with E-state index in [0.29, 0.717) is 0 Å². The average molecular weight is 399 g/mol. The molecule has 0 spiro atoms. The first-order chi connectivity index (χ1) is 14.0. The van der Waals surface area contributed by atoms with Crippen LogP contribution in [0.5, 0.6) is 0 Å². The number of carbonyl (C=O) groups excluding carboxylic acids is 1. The van der Waals surface area contributed by atoms with Crippen molar-refractivity contribution in [1.29, 1.82) is 5.26 Å². The molecule has 3 aromatic rings. The lowest BCUT2D eigenvalue weighted by atomic mass is 10.1. The van der Waals surface area contributed by atoms with Crippen LogP contribution < -0.4 is 5.32 Å². The van der Waals surface area contributed by atoms with Crippen molar-refractivity contribution in [3.63, 3.8) is 0 Å². The maximum Gasteiger partial charge on any atom is 0.266 e. The SMILES string of the molecule is Cc1ccc(Sc2ccc(C=C(C#N)C(=O)Nc3cccc(C)c3C)cc2)cc1. The average Bonchev–Trinajstić information content (AvgIpc) is 2.72. The molecule has 3 rings (SSSR count). The summed E-state index contributed by atoms with van der Waals surface area (Å²) in [4.78, 5) is 14.8. The number of hydrogen-bond acceptors (Lipinski definition) is 3. The van der Waals surface area contributed by atoms with Gasteiger partial charge in [-0.15, -0.1) is 0 Å². The van der Waals surface area contributed by atoms with Gasteiger partial charge in [0.1, 0.15) is 11.6 Å². The van der Waals surface area contributed by atoms with Gasteiger partial charge in [0.2, 0.25) is 0 Å². The van der Waals surface area contributed by atoms with E-state index in [1.54, 1.807) is 17.8 Å². The van der Waals surface area contributed by atoms with Crippen molar-refractivity contribution in [2.24, 2.45) is 0 Å². The molecule has 0 bridgehead atoms. The van der Waals surface area contributed by atoms with E-state index in [-0.39, 0.29) is 5.57 Å². The van der Waals surface area contributed by atoms with E-state index >= 15 is 0 Å². The predicted octanol–water partition coefficient (Wildman–Crippen LogP) is 6.31. The van der Waals surface area contributed by atoms with Gasteiger partial charge in [0.05, 0.1) is 0 Å². The van der Waals surface area contributed by atoms with Crippen molar-refractivity contribution in [2.45, 2.75) is 30.6 Å². The second-order valence-corrected chi connectivity index (χ2v) is 8.00. The Morgan fingerprint density at radius 2 is 1.55 bits per heavy atom. The van der Waals surface area contributed by atoms with Crippen molar-refractivity contribution < 1.29 is 4.79 Å². The molecule has 4 heteroatoms. The fourth-order valence-corrected chi connectivity index (χ4v) is 3.58. The quantitative estimate of drug-likeness (QED) is 0.405. The van der Waals surface area contributed by atoms with E-state index < -0.39 is 5.91 Å². The van der Waals surface area contributed by atoms with Gasteiger partial charge in [0.15, 0.2) is 0 Å². The minimum atomic E-state index is -0.403. The van der Waals surface area contributed by atoms with Crippen molar-refractivity contribution in [3.05, 3.63) is 94.6 Å². The van der Waals surface area contributed by atoms with E-state index in [0.717, 1.165) is 27.3 Å². The Morgan fingerprint density at radius 3 is 2.17 bits per heavy atom. The van der Waals surface area contributed by atoms with Crippen LogP contribution in [0.2, 0.25) is 0 Å². The van der Waals surface area contributed by atoms with Gasteiger partial charge in [-0.25, -0.2) is 0 Å². The molecule has 0 heterocycles. The number of nitrogens with zero attached hydrogens (tertiary/aromatic N) is 1. The van der Waals surface area contributed by atoms with Gasteiger partial charge in [-0.05, 0) is 73.9 Å². The standard InChI is InChI=1S/C25H22N2OS/c1-17-7-11-22(12-8-17)29-23-13-9-20(10-14-23)15-21(16-26)25(28)27-24-6-4-5-18(2)19(24)3/h4-15H,1-3H3,(H,27,28). The van der Waals surface area contributed by atoms with Crippen LogP contribution in [0, 0.1) is 32.1 Å². The third-order valence-electron chi connectivity index (χ3n) is 4.67. The third kappa shape index (κ3) is 5.37. The third-order valence-corrected chi connectivity index (χ3v) is 5.68. The van der Waals surface area contributed by atoms with Gasteiger partial charge in [-0.1, -0.05) is 53.7 Å². The fraction of sp³-hybridized carbons (Fsp3) is 0.120. The fourth-order valence-electron chi connectivity index (χ4n) is 2.77. The van der Waals surface area contributed by atoms with E-state index in [1.807, 2.05) is 62.4 Å². The summed E-state index contributed by atoms with van der Waals surface area (Å²) in [5.41, 5.74) is 4.93. The lowest BCUT2D eigenvalue weighted by molar-refractivity contribution is -0.112. The number of nitrogens with one attached hydrogen (secondary N) is 1. The highest BCUT2D eigenvalue weighted by molar-refractivity contribution is 7.99. The predicted molar refractivity (Wildman–Crippen MR) is 120 cm³/mol. The lowest BCUT2D eigenvalue weighted by Gasteiger charge is -2.10. The van der Waals surface area contributed by atoms with E-state index in [2.05, 4.69) is 36.5 Å². The maximum absolute atomic E-state index is 12.5. The summed E-state index contributed by atoms with van der Waals surface area (Å²) in [7, 11) is 0. The molecule has 3 nitrogen and oxygen atoms in total. The first-order valence-electron chi connectivity index (χ1n) is 9.30. The Labute approximate surface area is 176 Å². The van der Waals surface area contributed by atoms with E-state index in [4.69, 9.17) is 0 Å². The molecular formula is C25H22N2OS. The number of amides is 1. The number of carbonyl (C=O) groups is 1. The van der Waals surface area contributed by atoms with Crippen LogP contribution in [-0.2, 0) is 4.79 Å². The Hall–Kier alpha value is -3.29. The molecule has 0 radical (unpaired) electrons. The second kappa shape index (κ2) is 9.27. The highest BCUT2D eigenvalue weighted by Crippen LogP contribution is 2.28. The van der Waals surface area contributed by atoms with Crippen molar-refractivity contribution >= 4 is 29.4 Å². The van der Waals surface area contributed by atoms with E-state index in [1.165, 1.54) is 10.5 Å². The van der Waals surface area contributed by atoms with Crippen LogP contribution in [0.4, 0.5) is 5.69 Å². The Bertz CT molecular complexity index is 1090. The molecule has 144 valence electrons. The number of rotatable bonds is 5. The zero-order valence-corrected chi connectivity index (χ0v) is 17.5. The molecule has 0 aliphatic rings. The topological polar surface area (TPSA) is 52.9 Å². The van der Waals surface area contributed by atoms with Gasteiger partial charge < -0.3 is 5.32 Å². The minimum Gasteiger partial charge on any atom is -0.321 e. The molecule has 1 N–H and O–H groups in total. The van der Waals surface area contributed by atoms with Gasteiger partial charge in [-0.2, -0.15) is 5.26 Å². The minimum absolute atomic E-state index is 0.0739. The van der Waals surface area contributed by atoms with Gasteiger partial charge >= 0.3 is 0 Å². The highest BCUT2D eigenvalue weighted by atomic mass is 32.2. The van der Waals surface area contributed by atoms with Crippen molar-refractivity contribution in [1.82, 2.24) is 0 Å². The lowest BCUT2D eigenvalue weighted by Crippen LogP contribution is -2.14. The molecule has 3 aromatic carbocycles. The molecule has 0 unspecified atom stereocenters. The largest absolute Gasteiger partial charge is 0.321 e. The number of anilines is 1. The Balaban J connectivity index is 1.73. The summed E-state index contributed by atoms with van der Waals surface area (Å²) in [6.07, 6.45) is 1.61. The maximum atomic E-state index is 12.5. The van der Waals surface area contributed by atoms with E-state index in [9.17, 15) is 10.1 Å². The van der Waals surface area contributed by atoms with Gasteiger partial charge in [0.25, 0.3) is 5.91 Å². The molecule has 0 fully saturated rings. The molecule has 1 amide bonds. The normalized spacial score (nSPS) is 11.0. The van der Waals surface area contributed by atoms with Crippen molar-refractivity contribution in [2.75, 3.05) is 5.32 Å². The molecule has 0 aliphatic carbocycles. The van der Waals surface area contributed by atoms with Gasteiger partial charge in [0, 0.05) is 15.5 Å². The first-order valence-corrected chi connectivity index (χ1v) is 10.1. The summed E-state index contributed by atoms with van der Waals surface area (Å²) >= 11 is 1.68. The van der Waals surface area contributed by atoms with Crippen LogP contribution in [0.25, 0.3) is 6.08 Å². The first kappa shape index (κ1) is 20.4. The molecule has 0 saturated carbocycles. The number of nitriles is 1. The Morgan fingerprint density at radius 1 is 0.931 bits per heavy atom. The molecule has 0 atom stereocenters. The summed E-state index contributed by atoms with van der Waals surface area (Å²) in [5.74, 6) is -0.403. The number of aryl methyl sites for hydroxylation is 2. The molecule has 0 aliphatic heterocycles. The van der Waals surface area contributed by atoms with Gasteiger partial charge in [-0.3, -0.25) is 4.79 Å². The zero-order valence-electron chi connectivity index (χ0n) is 16.7. The summed E-state index contributed by atoms with van der Waals surface area (Å²) in [6.45, 7) is 6.01. The Kier molecular flexibility index (Phi) is 6.54. The molecule has 0 saturated heterocycles. The monoisotopic (exact) mass is 398 g/mol. The van der Waals surface area contributed by atoms with Crippen LogP contribution in [0.15, 0.2) is 82.1 Å². The molecular weight excluding hydrogens is 376 g/mol.